The van der Waals surface area contributed by atoms with Crippen molar-refractivity contribution in [3.63, 3.8) is 0 Å². The van der Waals surface area contributed by atoms with Crippen LogP contribution in [0.4, 0.5) is 11.4 Å². The number of fused-ring (bicyclic) bond motifs is 1. The first-order chi connectivity index (χ1) is 18.6. The van der Waals surface area contributed by atoms with Crippen LogP contribution < -0.4 is 15.3 Å². The lowest BCUT2D eigenvalue weighted by Gasteiger charge is -2.35. The molecular weight excluding hydrogens is 490 g/mol. The summed E-state index contributed by atoms with van der Waals surface area (Å²) in [5.74, 6) is -1.74. The number of aliphatic carboxylic acids is 1. The summed E-state index contributed by atoms with van der Waals surface area (Å²) in [6.45, 7) is 6.53. The van der Waals surface area contributed by atoms with Crippen LogP contribution in [-0.2, 0) is 19.8 Å². The van der Waals surface area contributed by atoms with E-state index < -0.39 is 24.3 Å². The highest BCUT2D eigenvalue weighted by Crippen LogP contribution is 2.47. The van der Waals surface area contributed by atoms with Gasteiger partial charge in [-0.2, -0.15) is 0 Å². The molecule has 1 amide bonds. The summed E-state index contributed by atoms with van der Waals surface area (Å²) < 4.78 is 0. The first-order valence-corrected chi connectivity index (χ1v) is 13.3. The SMILES string of the molecule is CC(C)(C)c1ccc([C@H]2CC(=O)C3=C(C2)Nc2ccccc2N(C(=O)CCC(=O)[O-])[C@H]3c2ccncc2)cc1. The molecule has 0 saturated carbocycles. The lowest BCUT2D eigenvalue weighted by Crippen LogP contribution is -2.39. The van der Waals surface area contributed by atoms with Crippen molar-refractivity contribution in [3.8, 4) is 0 Å². The maximum absolute atomic E-state index is 14.0. The molecule has 7 nitrogen and oxygen atoms in total. The molecule has 1 aromatic heterocycles. The van der Waals surface area contributed by atoms with E-state index in [9.17, 15) is 19.5 Å². The summed E-state index contributed by atoms with van der Waals surface area (Å²) in [5.41, 5.74) is 5.70. The number of anilines is 2. The van der Waals surface area contributed by atoms with Gasteiger partial charge in [-0.1, -0.05) is 57.2 Å². The number of carboxylic acid groups (broad SMARTS) is 1. The van der Waals surface area contributed by atoms with E-state index in [1.807, 2.05) is 24.3 Å². The average Bonchev–Trinajstić information content (AvgIpc) is 3.06. The molecule has 3 aromatic rings. The highest BCUT2D eigenvalue weighted by atomic mass is 16.4. The lowest BCUT2D eigenvalue weighted by atomic mass is 9.77. The number of hydrogen-bond donors (Lipinski definition) is 1. The smallest absolute Gasteiger partial charge is 0.228 e. The highest BCUT2D eigenvalue weighted by molar-refractivity contribution is 6.06. The monoisotopic (exact) mass is 522 g/mol. The molecule has 200 valence electrons. The van der Waals surface area contributed by atoms with Gasteiger partial charge < -0.3 is 15.2 Å². The molecule has 1 N–H and O–H groups in total. The minimum absolute atomic E-state index is 0.0108. The molecule has 1 aliphatic carbocycles. The van der Waals surface area contributed by atoms with E-state index in [1.165, 1.54) is 5.56 Å². The first-order valence-electron chi connectivity index (χ1n) is 13.3. The summed E-state index contributed by atoms with van der Waals surface area (Å²) in [6, 6.07) is 18.8. The van der Waals surface area contributed by atoms with Crippen molar-refractivity contribution in [3.05, 3.63) is 101 Å². The second kappa shape index (κ2) is 10.5. The van der Waals surface area contributed by atoms with Crippen LogP contribution in [0.25, 0.3) is 0 Å². The van der Waals surface area contributed by atoms with Crippen LogP contribution in [0, 0.1) is 0 Å². The highest BCUT2D eigenvalue weighted by Gasteiger charge is 2.41. The number of hydrogen-bond acceptors (Lipinski definition) is 6. The number of Topliss-reactive ketones (excluding diaryl/α,β-unsaturated/α-hetero) is 1. The van der Waals surface area contributed by atoms with E-state index in [0.29, 0.717) is 29.8 Å². The van der Waals surface area contributed by atoms with Gasteiger partial charge in [-0.25, -0.2) is 0 Å². The molecular formula is C32H32N3O4-. The Bertz CT molecular complexity index is 1440. The van der Waals surface area contributed by atoms with Crippen LogP contribution in [-0.4, -0.2) is 22.6 Å². The largest absolute Gasteiger partial charge is 0.550 e. The van der Waals surface area contributed by atoms with Crippen molar-refractivity contribution in [1.29, 1.82) is 0 Å². The Labute approximate surface area is 228 Å². The third-order valence-electron chi connectivity index (χ3n) is 7.57. The van der Waals surface area contributed by atoms with Gasteiger partial charge in [-0.05, 0) is 65.1 Å². The quantitative estimate of drug-likeness (QED) is 0.516. The van der Waals surface area contributed by atoms with Crippen LogP contribution in [0.2, 0.25) is 0 Å². The number of aromatic nitrogens is 1. The van der Waals surface area contributed by atoms with Crippen molar-refractivity contribution in [2.45, 2.75) is 63.8 Å². The van der Waals surface area contributed by atoms with E-state index in [2.05, 4.69) is 55.3 Å². The number of nitrogens with zero attached hydrogens (tertiary/aromatic N) is 2. The second-order valence-corrected chi connectivity index (χ2v) is 11.3. The predicted molar refractivity (Wildman–Crippen MR) is 148 cm³/mol. The Balaban J connectivity index is 1.62. The summed E-state index contributed by atoms with van der Waals surface area (Å²) in [4.78, 5) is 44.6. The number of benzene rings is 2. The van der Waals surface area contributed by atoms with Crippen molar-refractivity contribution in [2.24, 2.45) is 0 Å². The topological polar surface area (TPSA) is 102 Å². The minimum atomic E-state index is -1.29. The maximum Gasteiger partial charge on any atom is 0.228 e. The fourth-order valence-electron chi connectivity index (χ4n) is 5.55. The van der Waals surface area contributed by atoms with E-state index in [0.717, 1.165) is 16.8 Å². The van der Waals surface area contributed by atoms with Crippen molar-refractivity contribution >= 4 is 29.0 Å². The third-order valence-corrected chi connectivity index (χ3v) is 7.57. The zero-order chi connectivity index (χ0) is 27.7. The van der Waals surface area contributed by atoms with Gasteiger partial charge in [0.1, 0.15) is 0 Å². The molecule has 2 aromatic carbocycles. The number of allylic oxidation sites excluding steroid dienone is 1. The molecule has 0 spiro atoms. The molecule has 0 saturated heterocycles. The zero-order valence-electron chi connectivity index (χ0n) is 22.4. The Morgan fingerprint density at radius 2 is 1.64 bits per heavy atom. The number of carboxylic acids is 1. The Morgan fingerprint density at radius 1 is 0.949 bits per heavy atom. The Hall–Kier alpha value is -4.26. The van der Waals surface area contributed by atoms with Crippen LogP contribution >= 0.6 is 0 Å². The van der Waals surface area contributed by atoms with Gasteiger partial charge in [0, 0.05) is 42.5 Å². The average molecular weight is 523 g/mol. The predicted octanol–water partition coefficient (Wildman–Crippen LogP) is 4.81. The number of pyridine rings is 1. The first kappa shape index (κ1) is 26.4. The van der Waals surface area contributed by atoms with Crippen LogP contribution in [0.15, 0.2) is 84.3 Å². The van der Waals surface area contributed by atoms with Crippen LogP contribution in [0.1, 0.15) is 75.1 Å². The second-order valence-electron chi connectivity index (χ2n) is 11.3. The zero-order valence-corrected chi connectivity index (χ0v) is 22.4. The molecule has 1 aliphatic heterocycles. The summed E-state index contributed by atoms with van der Waals surface area (Å²) in [5, 5.41) is 14.7. The van der Waals surface area contributed by atoms with Gasteiger partial charge in [0.15, 0.2) is 5.78 Å². The van der Waals surface area contributed by atoms with E-state index in [1.54, 1.807) is 29.4 Å². The number of carbonyl (C=O) groups excluding carboxylic acids is 3. The molecule has 0 unspecified atom stereocenters. The molecule has 39 heavy (non-hydrogen) atoms. The van der Waals surface area contributed by atoms with Gasteiger partial charge in [0.2, 0.25) is 5.91 Å². The van der Waals surface area contributed by atoms with Crippen molar-refractivity contribution in [2.75, 3.05) is 10.2 Å². The molecule has 0 radical (unpaired) electrons. The van der Waals surface area contributed by atoms with Gasteiger partial charge >= 0.3 is 0 Å². The summed E-state index contributed by atoms with van der Waals surface area (Å²) in [7, 11) is 0. The Morgan fingerprint density at radius 3 is 2.31 bits per heavy atom. The van der Waals surface area contributed by atoms with E-state index in [-0.39, 0.29) is 23.5 Å². The fourth-order valence-corrected chi connectivity index (χ4v) is 5.55. The van der Waals surface area contributed by atoms with Crippen LogP contribution in [0.3, 0.4) is 0 Å². The number of carbonyl (C=O) groups is 3. The molecule has 7 heteroatoms. The molecule has 0 fully saturated rings. The molecule has 2 aliphatic rings. The number of ketones is 1. The van der Waals surface area contributed by atoms with Crippen molar-refractivity contribution < 1.29 is 19.5 Å². The molecule has 2 atom stereocenters. The van der Waals surface area contributed by atoms with Gasteiger partial charge in [-0.15, -0.1) is 0 Å². The van der Waals surface area contributed by atoms with Gasteiger partial charge in [-0.3, -0.25) is 19.5 Å². The molecule has 0 bridgehead atoms. The Kier molecular flexibility index (Phi) is 7.08. The molecule has 5 rings (SSSR count). The van der Waals surface area contributed by atoms with Crippen molar-refractivity contribution in [1.82, 2.24) is 4.98 Å². The number of amides is 1. The maximum atomic E-state index is 14.0. The van der Waals surface area contributed by atoms with E-state index in [4.69, 9.17) is 0 Å². The number of para-hydroxylation sites is 2. The third kappa shape index (κ3) is 5.35. The lowest BCUT2D eigenvalue weighted by molar-refractivity contribution is -0.305. The molecule has 2 heterocycles. The standard InChI is InChI=1S/C32H33N3O4/c1-32(2,3)23-10-8-20(9-11-23)22-18-25-30(27(36)19-22)31(21-14-16-33-17-15-21)35(28(37)12-13-29(38)39)26-7-5-4-6-24(26)34-25/h4-11,14-17,22,31,34H,12-13,18-19H2,1-3H3,(H,38,39)/p-1/t22-,31+/m1/s1. The van der Waals surface area contributed by atoms with Crippen LogP contribution in [0.5, 0.6) is 0 Å². The van der Waals surface area contributed by atoms with E-state index >= 15 is 0 Å². The van der Waals surface area contributed by atoms with Gasteiger partial charge in [0.25, 0.3) is 0 Å². The summed E-state index contributed by atoms with van der Waals surface area (Å²) in [6.07, 6.45) is 3.55. The number of nitrogens with one attached hydrogen (secondary N) is 1. The minimum Gasteiger partial charge on any atom is -0.550 e. The summed E-state index contributed by atoms with van der Waals surface area (Å²) >= 11 is 0. The fraction of sp³-hybridized carbons (Fsp3) is 0.312. The number of rotatable bonds is 5. The van der Waals surface area contributed by atoms with Gasteiger partial charge in [0.05, 0.1) is 17.4 Å². The normalized spacial score (nSPS) is 19.1.